The summed E-state index contributed by atoms with van der Waals surface area (Å²) in [5.41, 5.74) is 1.81. The Morgan fingerprint density at radius 3 is 2.25 bits per heavy atom. The van der Waals surface area contributed by atoms with Crippen molar-refractivity contribution in [3.63, 3.8) is 0 Å². The van der Waals surface area contributed by atoms with Crippen LogP contribution in [-0.2, 0) is 15.6 Å². The molecule has 0 spiro atoms. The number of aryl methyl sites for hydroxylation is 1. The molecule has 2 aliphatic rings. The van der Waals surface area contributed by atoms with E-state index in [1.807, 2.05) is 30.3 Å². The fourth-order valence-electron chi connectivity index (χ4n) is 6.58. The number of anilines is 1. The van der Waals surface area contributed by atoms with E-state index in [0.717, 1.165) is 36.8 Å². The number of nitrogens with zero attached hydrogens (tertiary/aromatic N) is 2. The number of benzene rings is 3. The number of aliphatic hydroxyl groups is 1. The van der Waals surface area contributed by atoms with Gasteiger partial charge in [0.1, 0.15) is 17.1 Å². The second-order valence-corrected chi connectivity index (χ2v) is 12.8. The van der Waals surface area contributed by atoms with Crippen LogP contribution in [0.1, 0.15) is 49.7 Å². The van der Waals surface area contributed by atoms with Crippen molar-refractivity contribution in [1.82, 2.24) is 4.90 Å². The zero-order chi connectivity index (χ0) is 28.3. The Kier molecular flexibility index (Phi) is 8.40. The molecule has 0 bridgehead atoms. The van der Waals surface area contributed by atoms with Crippen LogP contribution in [-0.4, -0.2) is 57.8 Å². The summed E-state index contributed by atoms with van der Waals surface area (Å²) in [6.45, 7) is 3.49. The van der Waals surface area contributed by atoms with E-state index >= 15 is 0 Å². The highest BCUT2D eigenvalue weighted by Gasteiger charge is 2.46. The van der Waals surface area contributed by atoms with Gasteiger partial charge in [0.05, 0.1) is 24.8 Å². The summed E-state index contributed by atoms with van der Waals surface area (Å²) in [6.07, 6.45) is 5.07. The second kappa shape index (κ2) is 11.8. The molecule has 1 heterocycles. The topological polar surface area (TPSA) is 79.3 Å². The molecule has 1 saturated carbocycles. The van der Waals surface area contributed by atoms with Gasteiger partial charge in [0.15, 0.2) is 0 Å². The maximum Gasteiger partial charge on any atom is 0.264 e. The Hall–Kier alpha value is -3.07. The lowest BCUT2D eigenvalue weighted by Gasteiger charge is -2.49. The molecule has 0 radical (unpaired) electrons. The van der Waals surface area contributed by atoms with Gasteiger partial charge in [-0.15, -0.1) is 0 Å². The molecule has 40 heavy (non-hydrogen) atoms. The van der Waals surface area contributed by atoms with Crippen LogP contribution >= 0.6 is 0 Å². The van der Waals surface area contributed by atoms with Crippen LogP contribution in [0.2, 0.25) is 0 Å². The van der Waals surface area contributed by atoms with Gasteiger partial charge < -0.3 is 14.6 Å². The molecule has 3 aromatic carbocycles. The van der Waals surface area contributed by atoms with Crippen LogP contribution in [0.3, 0.4) is 0 Å². The fraction of sp³-hybridized carbons (Fsp3) is 0.438. The van der Waals surface area contributed by atoms with Crippen molar-refractivity contribution < 1.29 is 23.0 Å². The molecule has 7 nitrogen and oxygen atoms in total. The van der Waals surface area contributed by atoms with Crippen molar-refractivity contribution in [2.45, 2.75) is 68.0 Å². The number of methoxy groups -OCH3 is 2. The highest BCUT2D eigenvalue weighted by atomic mass is 32.2. The zero-order valence-electron chi connectivity index (χ0n) is 23.6. The van der Waals surface area contributed by atoms with Crippen molar-refractivity contribution in [1.29, 1.82) is 0 Å². The summed E-state index contributed by atoms with van der Waals surface area (Å²) >= 11 is 0. The largest absolute Gasteiger partial charge is 0.497 e. The van der Waals surface area contributed by atoms with Crippen LogP contribution in [0.5, 0.6) is 11.5 Å². The Morgan fingerprint density at radius 2 is 1.57 bits per heavy atom. The number of hydrogen-bond acceptors (Lipinski definition) is 6. The lowest BCUT2D eigenvalue weighted by molar-refractivity contribution is -0.0852. The predicted molar refractivity (Wildman–Crippen MR) is 158 cm³/mol. The van der Waals surface area contributed by atoms with Crippen molar-refractivity contribution >= 4 is 15.7 Å². The average molecular weight is 565 g/mol. The molecule has 0 amide bonds. The summed E-state index contributed by atoms with van der Waals surface area (Å²) in [5, 5.41) is 12.1. The number of likely N-dealkylation sites (tertiary alicyclic amines) is 1. The summed E-state index contributed by atoms with van der Waals surface area (Å²) in [6, 6.07) is 21.7. The Bertz CT molecular complexity index is 1400. The molecule has 3 aromatic rings. The number of hydrogen-bond donors (Lipinski definition) is 1. The minimum atomic E-state index is -3.86. The zero-order valence-corrected chi connectivity index (χ0v) is 24.4. The standard InChI is InChI=1S/C32H40N2O5S/c1-24-9-4-5-12-30(24)32(35)20-7-6-13-31(32)33-21-18-25(19-22-33)34(26-10-8-11-28(23-26)39-3)40(36,37)29-16-14-27(38-2)15-17-29/h4-5,8-12,14-17,23,25,31,35H,6-7,13,18-22H2,1-3H3. The highest BCUT2D eigenvalue weighted by Crippen LogP contribution is 2.43. The number of piperidine rings is 1. The minimum Gasteiger partial charge on any atom is -0.497 e. The molecule has 2 fully saturated rings. The van der Waals surface area contributed by atoms with E-state index in [1.165, 1.54) is 0 Å². The third-order valence-electron chi connectivity index (χ3n) is 8.64. The van der Waals surface area contributed by atoms with Gasteiger partial charge in [-0.2, -0.15) is 0 Å². The van der Waals surface area contributed by atoms with Crippen LogP contribution in [0.4, 0.5) is 5.69 Å². The number of ether oxygens (including phenoxy) is 2. The van der Waals surface area contributed by atoms with Gasteiger partial charge in [0.2, 0.25) is 0 Å². The van der Waals surface area contributed by atoms with Crippen LogP contribution in [0.15, 0.2) is 77.7 Å². The first-order valence-corrected chi connectivity index (χ1v) is 15.6. The van der Waals surface area contributed by atoms with Gasteiger partial charge in [0, 0.05) is 31.2 Å². The highest BCUT2D eigenvalue weighted by molar-refractivity contribution is 7.92. The summed E-state index contributed by atoms with van der Waals surface area (Å²) in [7, 11) is -0.718. The van der Waals surface area contributed by atoms with E-state index in [0.29, 0.717) is 43.1 Å². The fourth-order valence-corrected chi connectivity index (χ4v) is 8.28. The normalized spacial score (nSPS) is 22.6. The lowest BCUT2D eigenvalue weighted by atomic mass is 9.73. The monoisotopic (exact) mass is 564 g/mol. The number of sulfonamides is 1. The minimum absolute atomic E-state index is 0.00626. The summed E-state index contributed by atoms with van der Waals surface area (Å²) < 4.78 is 40.5. The van der Waals surface area contributed by atoms with E-state index in [4.69, 9.17) is 9.47 Å². The van der Waals surface area contributed by atoms with Crippen molar-refractivity contribution in [3.05, 3.63) is 83.9 Å². The molecule has 1 saturated heterocycles. The van der Waals surface area contributed by atoms with Crippen molar-refractivity contribution in [3.8, 4) is 11.5 Å². The molecule has 1 aliphatic carbocycles. The molecule has 0 aromatic heterocycles. The Balaban J connectivity index is 1.43. The van der Waals surface area contributed by atoms with E-state index in [2.05, 4.69) is 24.0 Å². The average Bonchev–Trinajstić information content (AvgIpc) is 2.98. The van der Waals surface area contributed by atoms with Crippen molar-refractivity contribution in [2.75, 3.05) is 31.6 Å². The first-order chi connectivity index (χ1) is 19.3. The first-order valence-electron chi connectivity index (χ1n) is 14.1. The second-order valence-electron chi connectivity index (χ2n) is 10.9. The molecule has 214 valence electrons. The van der Waals surface area contributed by atoms with E-state index < -0.39 is 15.6 Å². The molecule has 2 unspecified atom stereocenters. The smallest absolute Gasteiger partial charge is 0.264 e. The maximum atomic E-state index is 14.1. The molecular weight excluding hydrogens is 524 g/mol. The van der Waals surface area contributed by atoms with E-state index in [1.54, 1.807) is 48.9 Å². The molecule has 1 aliphatic heterocycles. The molecular formula is C32H40N2O5S. The lowest BCUT2D eigenvalue weighted by Crippen LogP contribution is -2.57. The quantitative estimate of drug-likeness (QED) is 0.389. The van der Waals surface area contributed by atoms with Gasteiger partial charge in [-0.1, -0.05) is 43.2 Å². The Morgan fingerprint density at radius 1 is 0.875 bits per heavy atom. The van der Waals surface area contributed by atoms with Crippen LogP contribution in [0.25, 0.3) is 0 Å². The van der Waals surface area contributed by atoms with E-state index in [9.17, 15) is 13.5 Å². The molecule has 5 rings (SSSR count). The van der Waals surface area contributed by atoms with Crippen LogP contribution in [0, 0.1) is 6.92 Å². The first kappa shape index (κ1) is 28.5. The predicted octanol–water partition coefficient (Wildman–Crippen LogP) is 5.50. The van der Waals surface area contributed by atoms with Crippen LogP contribution < -0.4 is 13.8 Å². The van der Waals surface area contributed by atoms with Gasteiger partial charge >= 0.3 is 0 Å². The molecule has 2 atom stereocenters. The third kappa shape index (κ3) is 5.45. The number of rotatable bonds is 8. The van der Waals surface area contributed by atoms with Gasteiger partial charge in [-0.05, 0) is 80.1 Å². The van der Waals surface area contributed by atoms with Gasteiger partial charge in [-0.25, -0.2) is 8.42 Å². The Labute approximate surface area is 238 Å². The third-order valence-corrected chi connectivity index (χ3v) is 10.5. The van der Waals surface area contributed by atoms with Crippen molar-refractivity contribution in [2.24, 2.45) is 0 Å². The molecule has 1 N–H and O–H groups in total. The van der Waals surface area contributed by atoms with Gasteiger partial charge in [0.25, 0.3) is 10.0 Å². The summed E-state index contributed by atoms with van der Waals surface area (Å²) in [5.74, 6) is 1.21. The van der Waals surface area contributed by atoms with E-state index in [-0.39, 0.29) is 17.0 Å². The maximum absolute atomic E-state index is 14.1. The SMILES string of the molecule is COc1ccc(S(=O)(=O)N(c2cccc(OC)c2)C2CCN(C3CCCCC3(O)c3ccccc3C)CC2)cc1. The molecule has 8 heteroatoms. The van der Waals surface area contributed by atoms with Gasteiger partial charge in [-0.3, -0.25) is 9.21 Å². The summed E-state index contributed by atoms with van der Waals surface area (Å²) in [4.78, 5) is 2.62.